The number of pyridine rings is 2. The van der Waals surface area contributed by atoms with Gasteiger partial charge >= 0.3 is 0 Å². The average molecular weight is 568 g/mol. The van der Waals surface area contributed by atoms with Gasteiger partial charge in [-0.25, -0.2) is 9.97 Å². The number of hydrogen-bond donors (Lipinski definition) is 0. The molecule has 2 aliphatic rings. The first-order valence-corrected chi connectivity index (χ1v) is 14.1. The molecular weight excluding hydrogens is 535 g/mol. The highest BCUT2D eigenvalue weighted by Crippen LogP contribution is 2.38. The van der Waals surface area contributed by atoms with E-state index in [0.717, 1.165) is 37.3 Å². The number of benzene rings is 1. The summed E-state index contributed by atoms with van der Waals surface area (Å²) in [4.78, 5) is 38.2. The third-order valence-electron chi connectivity index (χ3n) is 7.91. The van der Waals surface area contributed by atoms with Crippen molar-refractivity contribution >= 4 is 40.7 Å². The Morgan fingerprint density at radius 3 is 2.26 bits per heavy atom. The second kappa shape index (κ2) is 11.9. The van der Waals surface area contributed by atoms with Gasteiger partial charge in [0.2, 0.25) is 11.8 Å². The number of amides is 1. The van der Waals surface area contributed by atoms with E-state index in [4.69, 9.17) is 27.9 Å². The van der Waals surface area contributed by atoms with Crippen molar-refractivity contribution < 1.29 is 14.3 Å². The molecule has 1 amide bonds. The van der Waals surface area contributed by atoms with Gasteiger partial charge in [0, 0.05) is 73.0 Å². The van der Waals surface area contributed by atoms with Gasteiger partial charge in [-0.2, -0.15) is 0 Å². The van der Waals surface area contributed by atoms with E-state index in [2.05, 4.69) is 14.9 Å². The minimum atomic E-state index is -0.164. The van der Waals surface area contributed by atoms with Gasteiger partial charge in [0.1, 0.15) is 11.9 Å². The molecule has 3 atom stereocenters. The molecule has 0 spiro atoms. The first-order chi connectivity index (χ1) is 18.8. The quantitative estimate of drug-likeness (QED) is 0.331. The molecule has 2 aliphatic heterocycles. The fraction of sp³-hybridized carbons (Fsp3) is 0.400. The van der Waals surface area contributed by atoms with Crippen LogP contribution in [0.1, 0.15) is 48.5 Å². The van der Waals surface area contributed by atoms with Crippen molar-refractivity contribution in [1.29, 1.82) is 0 Å². The summed E-state index contributed by atoms with van der Waals surface area (Å²) in [7, 11) is 0. The van der Waals surface area contributed by atoms with Gasteiger partial charge in [0.25, 0.3) is 0 Å². The number of rotatable bonds is 7. The summed E-state index contributed by atoms with van der Waals surface area (Å²) < 4.78 is 6.22. The first-order valence-electron chi connectivity index (χ1n) is 13.3. The van der Waals surface area contributed by atoms with E-state index in [9.17, 15) is 9.59 Å². The number of aromatic nitrogens is 2. The maximum atomic E-state index is 13.7. The van der Waals surface area contributed by atoms with Crippen LogP contribution in [0.3, 0.4) is 0 Å². The zero-order chi connectivity index (χ0) is 27.5. The summed E-state index contributed by atoms with van der Waals surface area (Å²) >= 11 is 12.2. The minimum absolute atomic E-state index is 0.00308. The van der Waals surface area contributed by atoms with Crippen LogP contribution in [0.15, 0.2) is 60.9 Å². The van der Waals surface area contributed by atoms with Crippen LogP contribution in [-0.4, -0.2) is 58.8 Å². The summed E-state index contributed by atoms with van der Waals surface area (Å²) in [5.41, 5.74) is 1.75. The molecule has 0 radical (unpaired) electrons. The Labute approximate surface area is 239 Å². The predicted molar refractivity (Wildman–Crippen MR) is 153 cm³/mol. The molecule has 5 rings (SSSR count). The van der Waals surface area contributed by atoms with E-state index in [1.165, 1.54) is 6.92 Å². The van der Waals surface area contributed by atoms with Crippen molar-refractivity contribution in [3.05, 3.63) is 82.1 Å². The van der Waals surface area contributed by atoms with E-state index in [0.29, 0.717) is 34.6 Å². The van der Waals surface area contributed by atoms with E-state index < -0.39 is 0 Å². The van der Waals surface area contributed by atoms with Crippen molar-refractivity contribution in [1.82, 2.24) is 14.9 Å². The fourth-order valence-electron chi connectivity index (χ4n) is 5.65. The van der Waals surface area contributed by atoms with Crippen molar-refractivity contribution in [3.8, 4) is 5.88 Å². The van der Waals surface area contributed by atoms with Crippen LogP contribution in [0, 0.1) is 11.8 Å². The molecule has 2 saturated heterocycles. The second-order valence-electron chi connectivity index (χ2n) is 10.4. The number of likely N-dealkylation sites (tertiary alicyclic amines) is 1. The maximum Gasteiger partial charge on any atom is 0.225 e. The molecule has 39 heavy (non-hydrogen) atoms. The molecular formula is C30H32Cl2N4O3. The molecule has 0 aliphatic carbocycles. The summed E-state index contributed by atoms with van der Waals surface area (Å²) in [5, 5.41) is 1.25. The SMILES string of the molecule is CC(=O)c1ccc(N2CCC(C(=O)N3C[C@H]([C@H](C)Oc4ccc(Cl)cn4)[C@@H](c4ccc(Cl)cc4)C3)CC2)nc1. The second-order valence-corrected chi connectivity index (χ2v) is 11.3. The van der Waals surface area contributed by atoms with Crippen LogP contribution in [0.4, 0.5) is 5.82 Å². The lowest BCUT2D eigenvalue weighted by Gasteiger charge is -2.34. The van der Waals surface area contributed by atoms with Gasteiger partial charge in [0.05, 0.1) is 5.02 Å². The molecule has 3 aromatic rings. The van der Waals surface area contributed by atoms with Gasteiger partial charge in [0.15, 0.2) is 5.78 Å². The number of ether oxygens (including phenoxy) is 1. The van der Waals surface area contributed by atoms with Gasteiger partial charge in [-0.05, 0) is 62.6 Å². The average Bonchev–Trinajstić information content (AvgIpc) is 3.40. The molecule has 1 aromatic carbocycles. The van der Waals surface area contributed by atoms with Gasteiger partial charge in [-0.3, -0.25) is 9.59 Å². The molecule has 2 aromatic heterocycles. The number of halogens is 2. The molecule has 204 valence electrons. The Morgan fingerprint density at radius 1 is 0.923 bits per heavy atom. The Bertz CT molecular complexity index is 1290. The van der Waals surface area contributed by atoms with Crippen molar-refractivity contribution in [3.63, 3.8) is 0 Å². The van der Waals surface area contributed by atoms with Crippen molar-refractivity contribution in [2.24, 2.45) is 11.8 Å². The van der Waals surface area contributed by atoms with Crippen LogP contribution in [0.2, 0.25) is 10.0 Å². The summed E-state index contributed by atoms with van der Waals surface area (Å²) in [6, 6.07) is 15.1. The van der Waals surface area contributed by atoms with E-state index in [-0.39, 0.29) is 35.5 Å². The number of ketones is 1. The first kappa shape index (κ1) is 27.4. The van der Waals surface area contributed by atoms with Crippen LogP contribution in [0.5, 0.6) is 5.88 Å². The number of carbonyl (C=O) groups excluding carboxylic acids is 2. The number of nitrogens with zero attached hydrogens (tertiary/aromatic N) is 4. The van der Waals surface area contributed by atoms with Crippen LogP contribution >= 0.6 is 23.2 Å². The van der Waals surface area contributed by atoms with E-state index in [1.807, 2.05) is 48.2 Å². The topological polar surface area (TPSA) is 75.6 Å². The van der Waals surface area contributed by atoms with Crippen LogP contribution < -0.4 is 9.64 Å². The Balaban J connectivity index is 1.26. The predicted octanol–water partition coefficient (Wildman–Crippen LogP) is 5.91. The molecule has 4 heterocycles. The minimum Gasteiger partial charge on any atom is -0.474 e. The monoisotopic (exact) mass is 566 g/mol. The normalized spacial score (nSPS) is 20.6. The Morgan fingerprint density at radius 2 is 1.64 bits per heavy atom. The van der Waals surface area contributed by atoms with Gasteiger partial charge in [-0.1, -0.05) is 35.3 Å². The largest absolute Gasteiger partial charge is 0.474 e. The number of Topliss-reactive ketones (excluding diaryl/α,β-unsaturated/α-hetero) is 1. The molecule has 7 nitrogen and oxygen atoms in total. The molecule has 9 heteroatoms. The van der Waals surface area contributed by atoms with Crippen molar-refractivity contribution in [2.75, 3.05) is 31.1 Å². The third-order valence-corrected chi connectivity index (χ3v) is 8.38. The smallest absolute Gasteiger partial charge is 0.225 e. The Kier molecular flexibility index (Phi) is 8.38. The molecule has 0 unspecified atom stereocenters. The molecule has 0 bridgehead atoms. The Hall–Kier alpha value is -3.16. The van der Waals surface area contributed by atoms with Crippen molar-refractivity contribution in [2.45, 2.75) is 38.7 Å². The molecule has 2 fully saturated rings. The third kappa shape index (κ3) is 6.36. The fourth-order valence-corrected chi connectivity index (χ4v) is 5.89. The highest BCUT2D eigenvalue weighted by atomic mass is 35.5. The maximum absolute atomic E-state index is 13.7. The summed E-state index contributed by atoms with van der Waals surface area (Å²) in [5.74, 6) is 1.75. The van der Waals surface area contributed by atoms with Crippen LogP contribution in [-0.2, 0) is 4.79 Å². The highest BCUT2D eigenvalue weighted by molar-refractivity contribution is 6.30. The van der Waals surface area contributed by atoms with E-state index in [1.54, 1.807) is 24.5 Å². The zero-order valence-electron chi connectivity index (χ0n) is 22.1. The molecule has 0 saturated carbocycles. The lowest BCUT2D eigenvalue weighted by molar-refractivity contribution is -0.135. The summed E-state index contributed by atoms with van der Waals surface area (Å²) in [6.07, 6.45) is 4.57. The number of piperidine rings is 1. The number of anilines is 1. The lowest BCUT2D eigenvalue weighted by Crippen LogP contribution is -2.42. The van der Waals surface area contributed by atoms with Crippen LogP contribution in [0.25, 0.3) is 0 Å². The van der Waals surface area contributed by atoms with E-state index >= 15 is 0 Å². The number of carbonyl (C=O) groups is 2. The zero-order valence-corrected chi connectivity index (χ0v) is 23.6. The lowest BCUT2D eigenvalue weighted by atomic mass is 9.86. The standard InChI is InChI=1S/C30H32Cl2N4O3/c1-19(37)23-5-9-28(33-15-23)35-13-11-22(12-14-35)30(38)36-17-26(20(2)39-29-10-8-25(32)16-34-29)27(18-36)21-3-6-24(31)7-4-21/h3-10,15-16,20,22,26-27H,11-14,17-18H2,1-2H3/t20-,26+,27+/m0/s1. The van der Waals surface area contributed by atoms with Gasteiger partial charge < -0.3 is 14.5 Å². The highest BCUT2D eigenvalue weighted by Gasteiger charge is 2.42. The van der Waals surface area contributed by atoms with Gasteiger partial charge in [-0.15, -0.1) is 0 Å². The number of hydrogen-bond acceptors (Lipinski definition) is 6. The summed E-state index contributed by atoms with van der Waals surface area (Å²) in [6.45, 7) is 6.34. The molecule has 0 N–H and O–H groups in total.